The normalized spacial score (nSPS) is 11.8. The molecule has 0 spiro atoms. The molecule has 6 nitrogen and oxygen atoms in total. The van der Waals surface area contributed by atoms with Crippen LogP contribution in [-0.4, -0.2) is 26.4 Å². The summed E-state index contributed by atoms with van der Waals surface area (Å²) in [5, 5.41) is 12.8. The van der Waals surface area contributed by atoms with Gasteiger partial charge in [0.05, 0.1) is 16.5 Å². The molecule has 1 amide bonds. The van der Waals surface area contributed by atoms with Crippen LogP contribution >= 0.6 is 35.0 Å². The van der Waals surface area contributed by atoms with E-state index >= 15 is 0 Å². The lowest BCUT2D eigenvalue weighted by Gasteiger charge is -2.16. The van der Waals surface area contributed by atoms with Gasteiger partial charge in [0.15, 0.2) is 17.1 Å². The highest BCUT2D eigenvalue weighted by molar-refractivity contribution is 7.99. The zero-order valence-corrected chi connectivity index (χ0v) is 20.4. The minimum atomic E-state index is -0.334. The summed E-state index contributed by atoms with van der Waals surface area (Å²) >= 11 is 13.3. The van der Waals surface area contributed by atoms with E-state index in [-0.39, 0.29) is 17.8 Å². The molecule has 1 unspecified atom stereocenters. The fourth-order valence-electron chi connectivity index (χ4n) is 3.17. The minimum Gasteiger partial charge on any atom is -0.483 e. The predicted molar refractivity (Wildman–Crippen MR) is 131 cm³/mol. The summed E-state index contributed by atoms with van der Waals surface area (Å²) in [5.74, 6) is 1.36. The fraction of sp³-hybridized carbons (Fsp3) is 0.261. The molecule has 0 bridgehead atoms. The number of anilines is 1. The summed E-state index contributed by atoms with van der Waals surface area (Å²) in [6.45, 7) is 10.3. The molecule has 32 heavy (non-hydrogen) atoms. The molecule has 0 radical (unpaired) electrons. The summed E-state index contributed by atoms with van der Waals surface area (Å²) in [4.78, 5) is 12.4. The van der Waals surface area contributed by atoms with Gasteiger partial charge in [0.2, 0.25) is 5.91 Å². The van der Waals surface area contributed by atoms with Crippen molar-refractivity contribution in [2.45, 2.75) is 38.6 Å². The number of rotatable bonds is 9. The van der Waals surface area contributed by atoms with Crippen LogP contribution in [-0.2, 0) is 11.3 Å². The third-order valence-electron chi connectivity index (χ3n) is 4.47. The molecule has 0 saturated heterocycles. The molecule has 1 atom stereocenters. The number of ether oxygens (including phenoxy) is 1. The summed E-state index contributed by atoms with van der Waals surface area (Å²) in [6.07, 6.45) is 1.42. The van der Waals surface area contributed by atoms with E-state index in [0.29, 0.717) is 33.3 Å². The van der Waals surface area contributed by atoms with Crippen molar-refractivity contribution >= 4 is 46.6 Å². The largest absolute Gasteiger partial charge is 0.483 e. The van der Waals surface area contributed by atoms with E-state index in [1.54, 1.807) is 24.3 Å². The molecule has 0 aliphatic carbocycles. The van der Waals surface area contributed by atoms with Gasteiger partial charge in [0.1, 0.15) is 5.75 Å². The van der Waals surface area contributed by atoms with E-state index in [2.05, 4.69) is 28.2 Å². The number of thioether (sulfide) groups is 1. The number of aryl methyl sites for hydroxylation is 2. The van der Waals surface area contributed by atoms with Gasteiger partial charge in [-0.25, -0.2) is 0 Å². The first-order chi connectivity index (χ1) is 15.3. The first-order valence-electron chi connectivity index (χ1n) is 9.93. The van der Waals surface area contributed by atoms with Crippen LogP contribution < -0.4 is 10.1 Å². The van der Waals surface area contributed by atoms with E-state index in [9.17, 15) is 4.79 Å². The topological polar surface area (TPSA) is 69.0 Å². The number of nitrogens with one attached hydrogen (secondary N) is 1. The molecular weight excluding hydrogens is 467 g/mol. The summed E-state index contributed by atoms with van der Waals surface area (Å²) in [6, 6.07) is 11.0. The standard InChI is InChI=1S/C23H24Cl2N4O2S/c1-5-8-29-22(16(4)31-18-10-14(2)9-15(3)11-18)27-28-23(29)32-13-21(30)26-20-7-6-17(24)12-19(20)25/h5-7,9-12,16H,1,8,13H2,2-4H3,(H,26,30). The average Bonchev–Trinajstić information content (AvgIpc) is 3.11. The highest BCUT2D eigenvalue weighted by Crippen LogP contribution is 2.28. The number of benzene rings is 2. The molecule has 0 fully saturated rings. The van der Waals surface area contributed by atoms with Crippen LogP contribution in [0.25, 0.3) is 0 Å². The Morgan fingerprint density at radius 3 is 2.59 bits per heavy atom. The SMILES string of the molecule is C=CCn1c(SCC(=O)Nc2ccc(Cl)cc2Cl)nnc1C(C)Oc1cc(C)cc(C)c1. The molecular formula is C23H24Cl2N4O2S. The van der Waals surface area contributed by atoms with E-state index in [1.807, 2.05) is 37.5 Å². The number of hydrogen-bond acceptors (Lipinski definition) is 5. The summed E-state index contributed by atoms with van der Waals surface area (Å²) in [5.41, 5.74) is 2.76. The molecule has 0 aliphatic rings. The van der Waals surface area contributed by atoms with Crippen molar-refractivity contribution in [1.29, 1.82) is 0 Å². The Labute approximate surface area is 202 Å². The van der Waals surface area contributed by atoms with Crippen LogP contribution in [0.4, 0.5) is 5.69 Å². The third-order valence-corrected chi connectivity index (χ3v) is 5.98. The van der Waals surface area contributed by atoms with E-state index in [1.165, 1.54) is 11.8 Å². The van der Waals surface area contributed by atoms with Crippen molar-refractivity contribution in [2.24, 2.45) is 0 Å². The van der Waals surface area contributed by atoms with Gasteiger partial charge >= 0.3 is 0 Å². The third kappa shape index (κ3) is 6.28. The molecule has 0 saturated carbocycles. The highest BCUT2D eigenvalue weighted by atomic mass is 35.5. The van der Waals surface area contributed by atoms with Gasteiger partial charge < -0.3 is 10.1 Å². The van der Waals surface area contributed by atoms with Gasteiger partial charge in [-0.15, -0.1) is 16.8 Å². The second kappa shape index (κ2) is 10.9. The molecule has 1 N–H and O–H groups in total. The monoisotopic (exact) mass is 490 g/mol. The number of hydrogen-bond donors (Lipinski definition) is 1. The van der Waals surface area contributed by atoms with Crippen molar-refractivity contribution in [1.82, 2.24) is 14.8 Å². The Hall–Kier alpha value is -2.48. The maximum absolute atomic E-state index is 12.4. The van der Waals surface area contributed by atoms with Crippen molar-refractivity contribution in [3.8, 4) is 5.75 Å². The summed E-state index contributed by atoms with van der Waals surface area (Å²) in [7, 11) is 0. The lowest BCUT2D eigenvalue weighted by atomic mass is 10.1. The smallest absolute Gasteiger partial charge is 0.234 e. The van der Waals surface area contributed by atoms with Gasteiger partial charge in [0.25, 0.3) is 0 Å². The Morgan fingerprint density at radius 1 is 1.22 bits per heavy atom. The van der Waals surface area contributed by atoms with Crippen molar-refractivity contribution in [3.63, 3.8) is 0 Å². The maximum Gasteiger partial charge on any atom is 0.234 e. The number of halogens is 2. The predicted octanol–water partition coefficient (Wildman–Crippen LogP) is 6.26. The second-order valence-corrected chi connectivity index (χ2v) is 9.07. The maximum atomic E-state index is 12.4. The van der Waals surface area contributed by atoms with Crippen molar-refractivity contribution in [3.05, 3.63) is 76.0 Å². The zero-order chi connectivity index (χ0) is 23.3. The van der Waals surface area contributed by atoms with Crippen LogP contribution in [0.3, 0.4) is 0 Å². The van der Waals surface area contributed by atoms with Crippen LogP contribution in [0.2, 0.25) is 10.0 Å². The van der Waals surface area contributed by atoms with Gasteiger partial charge in [-0.1, -0.05) is 47.1 Å². The Kier molecular flexibility index (Phi) is 8.23. The number of carbonyl (C=O) groups is 1. The van der Waals surface area contributed by atoms with Crippen LogP contribution in [0.5, 0.6) is 5.75 Å². The lowest BCUT2D eigenvalue weighted by molar-refractivity contribution is -0.113. The Balaban J connectivity index is 1.69. The molecule has 1 heterocycles. The van der Waals surface area contributed by atoms with Gasteiger partial charge in [-0.3, -0.25) is 9.36 Å². The first-order valence-corrected chi connectivity index (χ1v) is 11.7. The molecule has 1 aromatic heterocycles. The molecule has 0 aliphatic heterocycles. The van der Waals surface area contributed by atoms with Crippen LogP contribution in [0.1, 0.15) is 30.0 Å². The number of allylic oxidation sites excluding steroid dienone is 1. The molecule has 3 rings (SSSR count). The van der Waals surface area contributed by atoms with Gasteiger partial charge in [-0.2, -0.15) is 0 Å². The van der Waals surface area contributed by atoms with Crippen molar-refractivity contribution in [2.75, 3.05) is 11.1 Å². The van der Waals surface area contributed by atoms with E-state index in [0.717, 1.165) is 16.9 Å². The lowest BCUT2D eigenvalue weighted by Crippen LogP contribution is -2.16. The van der Waals surface area contributed by atoms with E-state index in [4.69, 9.17) is 27.9 Å². The van der Waals surface area contributed by atoms with Gasteiger partial charge in [-0.05, 0) is 62.2 Å². The summed E-state index contributed by atoms with van der Waals surface area (Å²) < 4.78 is 8.01. The first kappa shape index (κ1) is 24.2. The minimum absolute atomic E-state index is 0.139. The Morgan fingerprint density at radius 2 is 1.94 bits per heavy atom. The van der Waals surface area contributed by atoms with Crippen LogP contribution in [0, 0.1) is 13.8 Å². The molecule has 2 aromatic carbocycles. The second-order valence-electron chi connectivity index (χ2n) is 7.28. The quantitative estimate of drug-likeness (QED) is 0.283. The van der Waals surface area contributed by atoms with Gasteiger partial charge in [0, 0.05) is 11.6 Å². The highest BCUT2D eigenvalue weighted by Gasteiger charge is 2.20. The number of carbonyl (C=O) groups excluding carboxylic acids is 1. The number of aromatic nitrogens is 3. The van der Waals surface area contributed by atoms with Crippen molar-refractivity contribution < 1.29 is 9.53 Å². The molecule has 9 heteroatoms. The fourth-order valence-corrected chi connectivity index (χ4v) is 4.38. The number of amides is 1. The zero-order valence-electron chi connectivity index (χ0n) is 18.1. The van der Waals surface area contributed by atoms with Crippen LogP contribution in [0.15, 0.2) is 54.2 Å². The molecule has 3 aromatic rings. The van der Waals surface area contributed by atoms with E-state index < -0.39 is 0 Å². The average molecular weight is 491 g/mol. The molecule has 168 valence electrons. The number of nitrogens with zero attached hydrogens (tertiary/aromatic N) is 3. The Bertz CT molecular complexity index is 1110.